The van der Waals surface area contributed by atoms with Crippen molar-refractivity contribution in [3.63, 3.8) is 0 Å². The first-order chi connectivity index (χ1) is 16.4. The molecule has 0 bridgehead atoms. The van der Waals surface area contributed by atoms with Gasteiger partial charge >= 0.3 is 0 Å². The number of thiophene rings is 1. The summed E-state index contributed by atoms with van der Waals surface area (Å²) in [5, 5.41) is 4.02. The third-order valence-corrected chi connectivity index (χ3v) is 7.35. The minimum atomic E-state index is -0.474. The van der Waals surface area contributed by atoms with Crippen LogP contribution in [-0.4, -0.2) is 18.7 Å². The minimum absolute atomic E-state index is 0.115. The van der Waals surface area contributed by atoms with Crippen molar-refractivity contribution in [3.8, 4) is 11.4 Å². The summed E-state index contributed by atoms with van der Waals surface area (Å²) in [6.45, 7) is 3.90. The number of hydrogen-bond acceptors (Lipinski definition) is 3. The molecular weight excluding hydrogens is 444 g/mol. The Hall–Kier alpha value is -3.84. The van der Waals surface area contributed by atoms with E-state index in [1.165, 1.54) is 0 Å². The van der Waals surface area contributed by atoms with Gasteiger partial charge in [0.1, 0.15) is 0 Å². The van der Waals surface area contributed by atoms with Gasteiger partial charge in [-0.2, -0.15) is 11.3 Å². The van der Waals surface area contributed by atoms with Gasteiger partial charge in [0.2, 0.25) is 0 Å². The SMILES string of the molecule is Cc1c(C(c2ccsc2)c2c(C)n(C)n(-c3ccccc3)c2=O)c(=O)n(-c2ccccc2)n1C. The van der Waals surface area contributed by atoms with E-state index in [1.807, 2.05) is 115 Å². The van der Waals surface area contributed by atoms with Gasteiger partial charge < -0.3 is 0 Å². The number of para-hydroxylation sites is 2. The highest BCUT2D eigenvalue weighted by Crippen LogP contribution is 2.34. The second kappa shape index (κ2) is 8.50. The van der Waals surface area contributed by atoms with Gasteiger partial charge in [-0.25, -0.2) is 9.36 Å². The maximum absolute atomic E-state index is 13.9. The fourth-order valence-corrected chi connectivity index (χ4v) is 5.45. The van der Waals surface area contributed by atoms with Gasteiger partial charge in [-0.3, -0.25) is 19.0 Å². The van der Waals surface area contributed by atoms with Gasteiger partial charge in [0.25, 0.3) is 11.1 Å². The highest BCUT2D eigenvalue weighted by atomic mass is 32.1. The zero-order valence-electron chi connectivity index (χ0n) is 19.6. The lowest BCUT2D eigenvalue weighted by Crippen LogP contribution is -2.26. The van der Waals surface area contributed by atoms with Crippen LogP contribution in [0, 0.1) is 13.8 Å². The third-order valence-electron chi connectivity index (χ3n) is 6.65. The molecule has 3 heterocycles. The topological polar surface area (TPSA) is 53.9 Å². The predicted molar refractivity (Wildman–Crippen MR) is 137 cm³/mol. The Kier molecular flexibility index (Phi) is 5.49. The van der Waals surface area contributed by atoms with Crippen molar-refractivity contribution in [2.45, 2.75) is 19.8 Å². The van der Waals surface area contributed by atoms with Crippen molar-refractivity contribution in [1.82, 2.24) is 18.7 Å². The van der Waals surface area contributed by atoms with Crippen LogP contribution in [0.25, 0.3) is 11.4 Å². The lowest BCUT2D eigenvalue weighted by atomic mass is 9.87. The number of aromatic nitrogens is 4. The number of nitrogens with zero attached hydrogens (tertiary/aromatic N) is 4. The molecular formula is C27H26N4O2S. The molecule has 0 atom stereocenters. The van der Waals surface area contributed by atoms with Crippen LogP contribution in [0.3, 0.4) is 0 Å². The van der Waals surface area contributed by atoms with Gasteiger partial charge in [0.15, 0.2) is 0 Å². The molecule has 6 nitrogen and oxygen atoms in total. The molecule has 0 saturated carbocycles. The second-order valence-corrected chi connectivity index (χ2v) is 9.22. The first-order valence-electron chi connectivity index (χ1n) is 11.1. The molecule has 0 aliphatic rings. The van der Waals surface area contributed by atoms with Crippen molar-refractivity contribution in [1.29, 1.82) is 0 Å². The second-order valence-electron chi connectivity index (χ2n) is 8.44. The molecule has 0 radical (unpaired) electrons. The van der Waals surface area contributed by atoms with Crippen molar-refractivity contribution in [3.05, 3.63) is 126 Å². The zero-order chi connectivity index (χ0) is 24.0. The summed E-state index contributed by atoms with van der Waals surface area (Å²) >= 11 is 1.56. The summed E-state index contributed by atoms with van der Waals surface area (Å²) in [5.41, 5.74) is 5.21. The molecule has 5 rings (SSSR count). The molecule has 7 heteroatoms. The highest BCUT2D eigenvalue weighted by Gasteiger charge is 2.32. The van der Waals surface area contributed by atoms with E-state index in [4.69, 9.17) is 0 Å². The summed E-state index contributed by atoms with van der Waals surface area (Å²) in [4.78, 5) is 27.9. The minimum Gasteiger partial charge on any atom is -0.285 e. The Balaban J connectivity index is 1.82. The van der Waals surface area contributed by atoms with Crippen LogP contribution in [0.1, 0.15) is 34.0 Å². The van der Waals surface area contributed by atoms with Crippen molar-refractivity contribution in [2.75, 3.05) is 0 Å². The Morgan fingerprint density at radius 2 is 1.12 bits per heavy atom. The van der Waals surface area contributed by atoms with E-state index in [0.717, 1.165) is 28.3 Å². The predicted octanol–water partition coefficient (Wildman–Crippen LogP) is 4.52. The lowest BCUT2D eigenvalue weighted by molar-refractivity contribution is 0.630. The summed E-state index contributed by atoms with van der Waals surface area (Å²) < 4.78 is 7.11. The molecule has 0 N–H and O–H groups in total. The normalized spacial score (nSPS) is 11.4. The molecule has 0 saturated heterocycles. The van der Waals surface area contributed by atoms with Crippen LogP contribution in [-0.2, 0) is 14.1 Å². The van der Waals surface area contributed by atoms with E-state index < -0.39 is 5.92 Å². The number of hydrogen-bond donors (Lipinski definition) is 0. The summed E-state index contributed by atoms with van der Waals surface area (Å²) in [6.07, 6.45) is 0. The molecule has 172 valence electrons. The quantitative estimate of drug-likeness (QED) is 0.379. The standard InChI is InChI=1S/C27H26N4O2S/c1-18-23(26(32)30(28(18)3)21-11-7-5-8-12-21)25(20-15-16-34-17-20)24-19(2)29(4)31(27(24)33)22-13-9-6-10-14-22/h5-17,25H,1-4H3. The molecule has 0 fully saturated rings. The summed E-state index contributed by atoms with van der Waals surface area (Å²) in [5.74, 6) is -0.474. The maximum atomic E-state index is 13.9. The van der Waals surface area contributed by atoms with Crippen molar-refractivity contribution < 1.29 is 0 Å². The molecule has 0 spiro atoms. The van der Waals surface area contributed by atoms with Crippen LogP contribution >= 0.6 is 11.3 Å². The smallest absolute Gasteiger partial charge is 0.275 e. The van der Waals surface area contributed by atoms with E-state index >= 15 is 0 Å². The Morgan fingerprint density at radius 3 is 1.50 bits per heavy atom. The largest absolute Gasteiger partial charge is 0.285 e. The van der Waals surface area contributed by atoms with Crippen LogP contribution in [0.4, 0.5) is 0 Å². The highest BCUT2D eigenvalue weighted by molar-refractivity contribution is 7.08. The van der Waals surface area contributed by atoms with Gasteiger partial charge in [-0.15, -0.1) is 0 Å². The zero-order valence-corrected chi connectivity index (χ0v) is 20.4. The van der Waals surface area contributed by atoms with Crippen molar-refractivity contribution in [2.24, 2.45) is 14.1 Å². The average molecular weight is 471 g/mol. The van der Waals surface area contributed by atoms with Crippen LogP contribution in [0.5, 0.6) is 0 Å². The third kappa shape index (κ3) is 3.31. The first kappa shape index (κ1) is 22.0. The Morgan fingerprint density at radius 1 is 0.676 bits per heavy atom. The molecule has 2 aromatic carbocycles. The molecule has 0 aliphatic carbocycles. The fraction of sp³-hybridized carbons (Fsp3) is 0.185. The Labute approximate surface area is 201 Å². The Bertz CT molecular complexity index is 1470. The van der Waals surface area contributed by atoms with Crippen LogP contribution < -0.4 is 11.1 Å². The van der Waals surface area contributed by atoms with E-state index in [2.05, 4.69) is 0 Å². The summed E-state index contributed by atoms with van der Waals surface area (Å²) in [6, 6.07) is 21.2. The monoisotopic (exact) mass is 470 g/mol. The fourth-order valence-electron chi connectivity index (χ4n) is 4.76. The maximum Gasteiger partial charge on any atom is 0.275 e. The first-order valence-corrected chi connectivity index (χ1v) is 12.1. The van der Waals surface area contributed by atoms with Gasteiger partial charge in [-0.05, 0) is 60.5 Å². The van der Waals surface area contributed by atoms with E-state index in [0.29, 0.717) is 11.1 Å². The summed E-state index contributed by atoms with van der Waals surface area (Å²) in [7, 11) is 3.77. The molecule has 0 aliphatic heterocycles. The molecule has 5 aromatic rings. The number of rotatable bonds is 5. The molecule has 0 unspecified atom stereocenters. The van der Waals surface area contributed by atoms with Gasteiger partial charge in [-0.1, -0.05) is 36.4 Å². The van der Waals surface area contributed by atoms with E-state index in [9.17, 15) is 9.59 Å². The van der Waals surface area contributed by atoms with Crippen LogP contribution in [0.15, 0.2) is 87.1 Å². The van der Waals surface area contributed by atoms with E-state index in [1.54, 1.807) is 20.7 Å². The molecule has 3 aromatic heterocycles. The van der Waals surface area contributed by atoms with E-state index in [-0.39, 0.29) is 11.1 Å². The molecule has 0 amide bonds. The van der Waals surface area contributed by atoms with Gasteiger partial charge in [0, 0.05) is 31.4 Å². The molecule has 34 heavy (non-hydrogen) atoms. The average Bonchev–Trinajstić information content (AvgIpc) is 3.51. The van der Waals surface area contributed by atoms with Crippen LogP contribution in [0.2, 0.25) is 0 Å². The van der Waals surface area contributed by atoms with Crippen molar-refractivity contribution >= 4 is 11.3 Å². The number of benzene rings is 2. The van der Waals surface area contributed by atoms with Gasteiger partial charge in [0.05, 0.1) is 22.5 Å². The lowest BCUT2D eigenvalue weighted by Gasteiger charge is -2.14.